The van der Waals surface area contributed by atoms with E-state index in [1.54, 1.807) is 0 Å². The summed E-state index contributed by atoms with van der Waals surface area (Å²) in [6.45, 7) is 8.96. The average Bonchev–Trinajstić information content (AvgIpc) is 3.74. The smallest absolute Gasteiger partial charge is 0.0541 e. The van der Waals surface area contributed by atoms with Crippen molar-refractivity contribution in [2.45, 2.75) is 53.4 Å². The summed E-state index contributed by atoms with van der Waals surface area (Å²) in [6.07, 6.45) is 4.13. The van der Waals surface area contributed by atoms with Gasteiger partial charge in [0.05, 0.1) is 22.1 Å². The summed E-state index contributed by atoms with van der Waals surface area (Å²) in [7, 11) is 2.20. The van der Waals surface area contributed by atoms with Gasteiger partial charge in [-0.05, 0) is 133 Å². The summed E-state index contributed by atoms with van der Waals surface area (Å²) < 4.78 is 7.28. The summed E-state index contributed by atoms with van der Waals surface area (Å²) in [4.78, 5) is 0. The minimum atomic E-state index is 1.03. The monoisotopic (exact) mass is 623 g/mol. The second kappa shape index (κ2) is 10.9. The lowest BCUT2D eigenvalue weighted by Crippen LogP contribution is -1.94. The van der Waals surface area contributed by atoms with Crippen LogP contribution >= 0.6 is 0 Å². The standard InChI is InChI=1S/C45H41N3/c1-6-28-10-16-42-34(22-28)35-23-29(7-2)11-17-43(35)47(42)32-14-20-40-38(26-32)39-27-33(15-21-41(39)46(40)5)48-44-18-12-30(8-3)24-36(44)37-25-31(9-4)13-19-45(37)48/h10-27H,6-9H2,1-5H3. The maximum atomic E-state index is 2.47. The van der Waals surface area contributed by atoms with Gasteiger partial charge in [0.1, 0.15) is 0 Å². The Hall–Kier alpha value is -5.28. The lowest BCUT2D eigenvalue weighted by atomic mass is 10.1. The predicted octanol–water partition coefficient (Wildman–Crippen LogP) is 11.8. The fourth-order valence-corrected chi connectivity index (χ4v) is 8.14. The number of benzene rings is 6. The largest absolute Gasteiger partial charge is 0.344 e. The Bertz CT molecular complexity index is 2420. The molecule has 48 heavy (non-hydrogen) atoms. The van der Waals surface area contributed by atoms with Crippen molar-refractivity contribution >= 4 is 65.4 Å². The quantitative estimate of drug-likeness (QED) is 0.175. The van der Waals surface area contributed by atoms with E-state index in [1.807, 2.05) is 0 Å². The fourth-order valence-electron chi connectivity index (χ4n) is 8.14. The molecule has 3 heteroatoms. The van der Waals surface area contributed by atoms with Crippen molar-refractivity contribution in [2.24, 2.45) is 7.05 Å². The lowest BCUT2D eigenvalue weighted by Gasteiger charge is -2.10. The van der Waals surface area contributed by atoms with Crippen LogP contribution in [0.3, 0.4) is 0 Å². The summed E-state index contributed by atoms with van der Waals surface area (Å²) in [6, 6.07) is 42.1. The summed E-state index contributed by atoms with van der Waals surface area (Å²) >= 11 is 0. The molecule has 236 valence electrons. The number of nitrogens with zero attached hydrogens (tertiary/aromatic N) is 3. The number of aryl methyl sites for hydroxylation is 5. The molecule has 9 aromatic rings. The van der Waals surface area contributed by atoms with E-state index in [1.165, 1.54) is 99.0 Å². The SMILES string of the molecule is CCc1ccc2c(c1)c1cc(CC)ccc1n2-c1ccc2c(c1)c1cc(-n3c4ccc(CC)cc4c4cc(CC)ccc43)ccc1n2C. The molecule has 0 spiro atoms. The molecular weight excluding hydrogens is 583 g/mol. The third-order valence-corrected chi connectivity index (χ3v) is 10.9. The topological polar surface area (TPSA) is 14.8 Å². The van der Waals surface area contributed by atoms with E-state index in [0.717, 1.165) is 25.7 Å². The van der Waals surface area contributed by atoms with Crippen LogP contribution in [0.5, 0.6) is 0 Å². The zero-order valence-corrected chi connectivity index (χ0v) is 28.6. The zero-order valence-electron chi connectivity index (χ0n) is 28.6. The van der Waals surface area contributed by atoms with Gasteiger partial charge in [0.2, 0.25) is 0 Å². The minimum absolute atomic E-state index is 1.03. The minimum Gasteiger partial charge on any atom is -0.344 e. The molecule has 6 aromatic carbocycles. The van der Waals surface area contributed by atoms with Gasteiger partial charge in [-0.15, -0.1) is 0 Å². The molecule has 3 aromatic heterocycles. The van der Waals surface area contributed by atoms with Crippen molar-refractivity contribution in [1.82, 2.24) is 13.7 Å². The third-order valence-electron chi connectivity index (χ3n) is 10.9. The summed E-state index contributed by atoms with van der Waals surface area (Å²) in [5.41, 5.74) is 15.5. The molecule has 0 saturated carbocycles. The van der Waals surface area contributed by atoms with Crippen LogP contribution in [-0.4, -0.2) is 13.7 Å². The molecule has 0 bridgehead atoms. The van der Waals surface area contributed by atoms with Gasteiger partial charge in [-0.3, -0.25) is 0 Å². The third kappa shape index (κ3) is 4.13. The van der Waals surface area contributed by atoms with E-state index in [-0.39, 0.29) is 0 Å². The van der Waals surface area contributed by atoms with Crippen LogP contribution in [0.25, 0.3) is 76.8 Å². The highest BCUT2D eigenvalue weighted by atomic mass is 15.0. The molecule has 0 aliphatic carbocycles. The van der Waals surface area contributed by atoms with Crippen LogP contribution in [-0.2, 0) is 32.7 Å². The summed E-state index contributed by atoms with van der Waals surface area (Å²) in [5.74, 6) is 0. The maximum Gasteiger partial charge on any atom is 0.0541 e. The first kappa shape index (κ1) is 28.9. The number of fused-ring (bicyclic) bond motifs is 9. The van der Waals surface area contributed by atoms with Gasteiger partial charge in [-0.1, -0.05) is 52.0 Å². The van der Waals surface area contributed by atoms with Crippen molar-refractivity contribution in [3.63, 3.8) is 0 Å². The van der Waals surface area contributed by atoms with Crippen molar-refractivity contribution < 1.29 is 0 Å². The fraction of sp³-hybridized carbons (Fsp3) is 0.200. The Balaban J connectivity index is 1.30. The van der Waals surface area contributed by atoms with Crippen LogP contribution in [0, 0.1) is 0 Å². The number of rotatable bonds is 6. The van der Waals surface area contributed by atoms with E-state index in [2.05, 4.69) is 158 Å². The summed E-state index contributed by atoms with van der Waals surface area (Å²) in [5, 5.41) is 7.90. The highest BCUT2D eigenvalue weighted by molar-refractivity contribution is 6.13. The first-order valence-corrected chi connectivity index (χ1v) is 17.7. The second-order valence-corrected chi connectivity index (χ2v) is 13.5. The molecule has 0 saturated heterocycles. The highest BCUT2D eigenvalue weighted by Crippen LogP contribution is 2.39. The molecule has 3 heterocycles. The number of aromatic nitrogens is 3. The predicted molar refractivity (Wildman–Crippen MR) is 207 cm³/mol. The Labute approximate surface area is 281 Å². The number of hydrogen-bond donors (Lipinski definition) is 0. The Morgan fingerprint density at radius 2 is 0.604 bits per heavy atom. The van der Waals surface area contributed by atoms with Crippen LogP contribution in [0.15, 0.2) is 109 Å². The van der Waals surface area contributed by atoms with Crippen molar-refractivity contribution in [1.29, 1.82) is 0 Å². The molecule has 0 atom stereocenters. The zero-order chi connectivity index (χ0) is 32.7. The molecule has 0 radical (unpaired) electrons. The number of hydrogen-bond acceptors (Lipinski definition) is 0. The van der Waals surface area contributed by atoms with Crippen LogP contribution in [0.2, 0.25) is 0 Å². The van der Waals surface area contributed by atoms with E-state index in [9.17, 15) is 0 Å². The van der Waals surface area contributed by atoms with Crippen molar-refractivity contribution in [3.05, 3.63) is 131 Å². The van der Waals surface area contributed by atoms with E-state index in [0.29, 0.717) is 0 Å². The van der Waals surface area contributed by atoms with Gasteiger partial charge >= 0.3 is 0 Å². The highest BCUT2D eigenvalue weighted by Gasteiger charge is 2.18. The van der Waals surface area contributed by atoms with Gasteiger partial charge in [0.15, 0.2) is 0 Å². The Kier molecular flexibility index (Phi) is 6.55. The second-order valence-electron chi connectivity index (χ2n) is 13.5. The van der Waals surface area contributed by atoms with Crippen LogP contribution in [0.1, 0.15) is 49.9 Å². The van der Waals surface area contributed by atoms with Crippen LogP contribution < -0.4 is 0 Å². The molecule has 0 aliphatic rings. The van der Waals surface area contributed by atoms with Gasteiger partial charge < -0.3 is 13.7 Å². The molecule has 3 nitrogen and oxygen atoms in total. The molecule has 0 fully saturated rings. The normalized spacial score (nSPS) is 12.2. The van der Waals surface area contributed by atoms with Crippen molar-refractivity contribution in [3.8, 4) is 11.4 Å². The van der Waals surface area contributed by atoms with Gasteiger partial charge in [0.25, 0.3) is 0 Å². The first-order valence-electron chi connectivity index (χ1n) is 17.7. The Morgan fingerprint density at radius 3 is 0.896 bits per heavy atom. The van der Waals surface area contributed by atoms with E-state index < -0.39 is 0 Å². The molecule has 0 amide bonds. The van der Waals surface area contributed by atoms with Gasteiger partial charge in [0, 0.05) is 61.8 Å². The van der Waals surface area contributed by atoms with Gasteiger partial charge in [-0.25, -0.2) is 0 Å². The average molecular weight is 624 g/mol. The molecule has 0 N–H and O–H groups in total. The van der Waals surface area contributed by atoms with E-state index in [4.69, 9.17) is 0 Å². The van der Waals surface area contributed by atoms with Crippen LogP contribution in [0.4, 0.5) is 0 Å². The van der Waals surface area contributed by atoms with Gasteiger partial charge in [-0.2, -0.15) is 0 Å². The van der Waals surface area contributed by atoms with Crippen molar-refractivity contribution in [2.75, 3.05) is 0 Å². The molecule has 9 rings (SSSR count). The molecular formula is C45H41N3. The first-order chi connectivity index (χ1) is 23.5. The molecule has 0 unspecified atom stereocenters. The Morgan fingerprint density at radius 1 is 0.333 bits per heavy atom. The molecule has 0 aliphatic heterocycles. The maximum absolute atomic E-state index is 2.47. The lowest BCUT2D eigenvalue weighted by molar-refractivity contribution is 1.01. The van der Waals surface area contributed by atoms with E-state index >= 15 is 0 Å².